The second kappa shape index (κ2) is 21.9. The lowest BCUT2D eigenvalue weighted by Gasteiger charge is -2.49. The van der Waals surface area contributed by atoms with Crippen LogP contribution >= 0.6 is 12.4 Å². The number of ether oxygens (including phenoxy) is 2. The molecule has 2 spiro atoms. The normalized spacial score (nSPS) is 24.5. The molecule has 5 aliphatic rings. The van der Waals surface area contributed by atoms with E-state index in [1.165, 1.54) is 81.8 Å². The van der Waals surface area contributed by atoms with Gasteiger partial charge in [-0.05, 0) is 113 Å². The van der Waals surface area contributed by atoms with Crippen molar-refractivity contribution >= 4 is 12.4 Å². The zero-order chi connectivity index (χ0) is 41.2. The number of likely N-dealkylation sites (N-methyl/N-ethyl adjacent to an activating group) is 3. The number of nitrogens with zero attached hydrogens (tertiary/aromatic N) is 3. The van der Waals surface area contributed by atoms with Gasteiger partial charge in [-0.1, -0.05) is 106 Å². The van der Waals surface area contributed by atoms with Crippen molar-refractivity contribution < 1.29 is 29.9 Å². The first-order valence-corrected chi connectivity index (χ1v) is 22.2. The average Bonchev–Trinajstić information content (AvgIpc) is 3.24. The third-order valence-electron chi connectivity index (χ3n) is 13.9. The van der Waals surface area contributed by atoms with Crippen LogP contribution in [0.15, 0.2) is 72.8 Å². The molecule has 328 valence electrons. The van der Waals surface area contributed by atoms with Crippen LogP contribution in [0.4, 0.5) is 0 Å². The molecule has 3 aliphatic carbocycles. The molecule has 0 amide bonds. The maximum Gasteiger partial charge on any atom is 0.115 e. The number of aromatic hydroxyl groups is 2. The first-order valence-electron chi connectivity index (χ1n) is 22.2. The Labute approximate surface area is 361 Å². The van der Waals surface area contributed by atoms with Gasteiger partial charge in [-0.25, -0.2) is 0 Å². The first kappa shape index (κ1) is 47.3. The van der Waals surface area contributed by atoms with Crippen LogP contribution < -0.4 is 0 Å². The number of phenols is 2. The van der Waals surface area contributed by atoms with Crippen LogP contribution in [0.5, 0.6) is 11.5 Å². The van der Waals surface area contributed by atoms with E-state index in [9.17, 15) is 20.4 Å². The number of hydrogen-bond acceptors (Lipinski definition) is 9. The summed E-state index contributed by atoms with van der Waals surface area (Å²) in [7, 11) is 8.33. The molecule has 3 atom stereocenters. The zero-order valence-corrected chi connectivity index (χ0v) is 37.2. The molecular formula is C49H74ClN3O6. The molecule has 8 rings (SSSR count). The molecule has 3 saturated carbocycles. The molecule has 0 aromatic heterocycles. The molecule has 0 bridgehead atoms. The highest BCUT2D eigenvalue weighted by Crippen LogP contribution is 2.47. The van der Waals surface area contributed by atoms with Gasteiger partial charge in [0.25, 0.3) is 0 Å². The molecule has 10 heteroatoms. The Kier molecular flexibility index (Phi) is 17.5. The molecule has 4 N–H and O–H groups in total. The second-order valence-corrected chi connectivity index (χ2v) is 18.5. The standard InChI is InChI=1S/C17H25NO2.C16H23NO2.C16H25NO2.ClH/c1-18-11-16(15-7-5-14(12-19)6-8-15)17(20-13-18)9-3-2-4-10-17;1-17-11-15(13-5-7-14(18)8-6-13)16(19-12-17)9-3-2-4-10-16;1-17(2)12-15(13-6-8-14(18)9-7-13)16(19)10-4-3-5-11-16;/h5-8,16,19H,2-4,9-13H2,1H3;5-8,15,18H,2-4,9-12H2,1H3;6-9,15,18-19H,3-5,10-12H2,1-2H3;1H. The van der Waals surface area contributed by atoms with Crippen molar-refractivity contribution in [2.24, 2.45) is 0 Å². The van der Waals surface area contributed by atoms with Gasteiger partial charge < -0.3 is 34.8 Å². The predicted molar refractivity (Wildman–Crippen MR) is 239 cm³/mol. The van der Waals surface area contributed by atoms with E-state index in [0.29, 0.717) is 17.6 Å². The van der Waals surface area contributed by atoms with Crippen molar-refractivity contribution in [3.8, 4) is 11.5 Å². The third-order valence-corrected chi connectivity index (χ3v) is 13.9. The molecule has 2 heterocycles. The fourth-order valence-electron chi connectivity index (χ4n) is 10.6. The fourth-order valence-corrected chi connectivity index (χ4v) is 10.6. The summed E-state index contributed by atoms with van der Waals surface area (Å²) in [5, 5.41) is 39.1. The van der Waals surface area contributed by atoms with E-state index in [-0.39, 0.29) is 41.9 Å². The number of aliphatic hydroxyl groups excluding tert-OH is 1. The van der Waals surface area contributed by atoms with E-state index in [2.05, 4.69) is 53.1 Å². The SMILES string of the molecule is CN(C)CC(c1ccc(O)cc1)C1(O)CCCCC1.CN1COC2(CCCCC2)C(c2ccc(CO)cc2)C1.CN1COC2(CCCCC2)C(c2ccc(O)cc2)C1.Cl. The number of phenolic OH excluding ortho intramolecular Hbond substituents is 2. The summed E-state index contributed by atoms with van der Waals surface area (Å²) in [6.07, 6.45) is 17.7. The Bertz CT molecular complexity index is 1610. The Hall–Kier alpha value is -2.73. The van der Waals surface area contributed by atoms with E-state index in [0.717, 1.165) is 69.9 Å². The van der Waals surface area contributed by atoms with Crippen molar-refractivity contribution in [1.29, 1.82) is 0 Å². The van der Waals surface area contributed by atoms with Crippen LogP contribution in [0, 0.1) is 0 Å². The molecule has 3 aromatic rings. The average molecular weight is 837 g/mol. The maximum absolute atomic E-state index is 11.0. The van der Waals surface area contributed by atoms with Crippen LogP contribution in [0.25, 0.3) is 0 Å². The largest absolute Gasteiger partial charge is 0.508 e. The lowest BCUT2D eigenvalue weighted by molar-refractivity contribution is -0.161. The van der Waals surface area contributed by atoms with E-state index in [4.69, 9.17) is 9.47 Å². The number of rotatable bonds is 7. The first-order chi connectivity index (χ1) is 27.9. The van der Waals surface area contributed by atoms with Crippen molar-refractivity contribution in [1.82, 2.24) is 14.7 Å². The number of halogens is 1. The minimum atomic E-state index is -0.598. The smallest absolute Gasteiger partial charge is 0.115 e. The molecule has 2 aliphatic heterocycles. The summed E-state index contributed by atoms with van der Waals surface area (Å²) in [5.41, 5.74) is 4.24. The minimum absolute atomic E-state index is 0. The lowest BCUT2D eigenvalue weighted by atomic mass is 9.71. The van der Waals surface area contributed by atoms with Crippen molar-refractivity contribution in [3.63, 3.8) is 0 Å². The molecule has 0 radical (unpaired) electrons. The van der Waals surface area contributed by atoms with E-state index in [1.54, 1.807) is 24.3 Å². The Morgan fingerprint density at radius 2 is 1.00 bits per heavy atom. The summed E-state index contributed by atoms with van der Waals surface area (Å²) in [5.74, 6) is 1.61. The Balaban J connectivity index is 0.000000167. The molecule has 59 heavy (non-hydrogen) atoms. The quantitative estimate of drug-likeness (QED) is 0.185. The van der Waals surface area contributed by atoms with Crippen LogP contribution in [0.1, 0.15) is 136 Å². The van der Waals surface area contributed by atoms with Crippen LogP contribution in [-0.2, 0) is 16.1 Å². The molecule has 9 nitrogen and oxygen atoms in total. The molecule has 2 saturated heterocycles. The summed E-state index contributed by atoms with van der Waals surface area (Å²) in [6, 6.07) is 23.4. The monoisotopic (exact) mass is 836 g/mol. The van der Waals surface area contributed by atoms with Gasteiger partial charge in [-0.2, -0.15) is 0 Å². The highest BCUT2D eigenvalue weighted by Gasteiger charge is 2.46. The Morgan fingerprint density at radius 1 is 0.610 bits per heavy atom. The molecule has 5 fully saturated rings. The second-order valence-electron chi connectivity index (χ2n) is 18.5. The molecule has 3 aromatic carbocycles. The van der Waals surface area contributed by atoms with Crippen LogP contribution in [0.2, 0.25) is 0 Å². The maximum atomic E-state index is 11.0. The Morgan fingerprint density at radius 3 is 1.41 bits per heavy atom. The third kappa shape index (κ3) is 12.2. The van der Waals surface area contributed by atoms with E-state index >= 15 is 0 Å². The van der Waals surface area contributed by atoms with Gasteiger partial charge in [0.2, 0.25) is 0 Å². The molecular weight excluding hydrogens is 762 g/mol. The van der Waals surface area contributed by atoms with Gasteiger partial charge in [0.1, 0.15) is 11.5 Å². The highest BCUT2D eigenvalue weighted by atomic mass is 35.5. The van der Waals surface area contributed by atoms with Gasteiger partial charge >= 0.3 is 0 Å². The van der Waals surface area contributed by atoms with Gasteiger partial charge in [0, 0.05) is 37.4 Å². The van der Waals surface area contributed by atoms with Gasteiger partial charge in [-0.3, -0.25) is 9.80 Å². The number of aliphatic hydroxyl groups is 2. The van der Waals surface area contributed by atoms with Gasteiger partial charge in [0.05, 0.1) is 36.9 Å². The predicted octanol–water partition coefficient (Wildman–Crippen LogP) is 9.14. The van der Waals surface area contributed by atoms with E-state index < -0.39 is 5.60 Å². The summed E-state index contributed by atoms with van der Waals surface area (Å²) in [4.78, 5) is 6.64. The number of benzene rings is 3. The topological polar surface area (TPSA) is 109 Å². The zero-order valence-electron chi connectivity index (χ0n) is 36.4. The van der Waals surface area contributed by atoms with Crippen molar-refractivity contribution in [2.75, 3.05) is 61.3 Å². The van der Waals surface area contributed by atoms with Crippen molar-refractivity contribution in [3.05, 3.63) is 95.1 Å². The van der Waals surface area contributed by atoms with E-state index in [1.807, 2.05) is 38.4 Å². The van der Waals surface area contributed by atoms with Crippen LogP contribution in [-0.4, -0.2) is 113 Å². The van der Waals surface area contributed by atoms with Gasteiger partial charge in [0.15, 0.2) is 0 Å². The summed E-state index contributed by atoms with van der Waals surface area (Å²) in [6.45, 7) is 4.57. The highest BCUT2D eigenvalue weighted by molar-refractivity contribution is 5.85. The summed E-state index contributed by atoms with van der Waals surface area (Å²) >= 11 is 0. The molecule has 3 unspecified atom stereocenters. The van der Waals surface area contributed by atoms with Crippen LogP contribution in [0.3, 0.4) is 0 Å². The minimum Gasteiger partial charge on any atom is -0.508 e. The van der Waals surface area contributed by atoms with Crippen molar-refractivity contribution in [2.45, 2.75) is 137 Å². The van der Waals surface area contributed by atoms with Gasteiger partial charge in [-0.15, -0.1) is 12.4 Å². The number of hydrogen-bond donors (Lipinski definition) is 4. The fraction of sp³-hybridized carbons (Fsp3) is 0.633. The summed E-state index contributed by atoms with van der Waals surface area (Å²) < 4.78 is 12.6. The lowest BCUT2D eigenvalue weighted by Crippen LogP contribution is -2.52.